The summed E-state index contributed by atoms with van der Waals surface area (Å²) >= 11 is 2.26. The Bertz CT molecular complexity index is 207. The molecule has 0 bridgehead atoms. The maximum atomic E-state index is 3.80. The largest absolute Gasteiger partial charge is 0.313 e. The van der Waals surface area contributed by atoms with E-state index in [-0.39, 0.29) is 0 Å². The van der Waals surface area contributed by atoms with E-state index >= 15 is 0 Å². The van der Waals surface area contributed by atoms with Gasteiger partial charge in [0, 0.05) is 11.3 Å². The maximum Gasteiger partial charge on any atom is 0.0203 e. The first kappa shape index (κ1) is 17.4. The third kappa shape index (κ3) is 7.04. The van der Waals surface area contributed by atoms with Crippen molar-refractivity contribution in [2.75, 3.05) is 12.3 Å². The van der Waals surface area contributed by atoms with Crippen molar-refractivity contribution in [1.82, 2.24) is 5.32 Å². The predicted octanol–water partition coefficient (Wildman–Crippen LogP) is 5.25. The molecule has 1 N–H and O–H groups in total. The molecule has 0 aromatic carbocycles. The molecule has 114 valence electrons. The van der Waals surface area contributed by atoms with E-state index in [1.165, 1.54) is 70.1 Å². The molecule has 1 rings (SSSR count). The summed E-state index contributed by atoms with van der Waals surface area (Å²) in [7, 11) is 0. The van der Waals surface area contributed by atoms with Gasteiger partial charge in [0.05, 0.1) is 0 Å². The molecule has 3 unspecified atom stereocenters. The van der Waals surface area contributed by atoms with E-state index in [0.29, 0.717) is 0 Å². The summed E-state index contributed by atoms with van der Waals surface area (Å²) in [4.78, 5) is 0. The highest BCUT2D eigenvalue weighted by Gasteiger charge is 2.29. The van der Waals surface area contributed by atoms with Crippen LogP contribution < -0.4 is 5.32 Å². The van der Waals surface area contributed by atoms with Gasteiger partial charge in [-0.15, -0.1) is 0 Å². The van der Waals surface area contributed by atoms with Crippen LogP contribution in [0.25, 0.3) is 0 Å². The normalized spacial score (nSPS) is 27.6. The van der Waals surface area contributed by atoms with Crippen LogP contribution in [0.1, 0.15) is 78.6 Å². The SMILES string of the molecule is CCCCCSC1CC(CCC)CCC1NCCC. The van der Waals surface area contributed by atoms with Gasteiger partial charge in [0.15, 0.2) is 0 Å². The zero-order valence-corrected chi connectivity index (χ0v) is 14.2. The smallest absolute Gasteiger partial charge is 0.0203 e. The molecule has 3 atom stereocenters. The van der Waals surface area contributed by atoms with Crippen molar-refractivity contribution in [2.45, 2.75) is 89.9 Å². The highest BCUT2D eigenvalue weighted by molar-refractivity contribution is 7.99. The van der Waals surface area contributed by atoms with Crippen LogP contribution >= 0.6 is 11.8 Å². The van der Waals surface area contributed by atoms with Gasteiger partial charge in [0.2, 0.25) is 0 Å². The second-order valence-corrected chi connectivity index (χ2v) is 7.49. The zero-order chi connectivity index (χ0) is 13.9. The molecule has 1 aliphatic rings. The number of unbranched alkanes of at least 4 members (excludes halogenated alkanes) is 2. The van der Waals surface area contributed by atoms with Crippen LogP contribution in [0.2, 0.25) is 0 Å². The molecule has 0 aliphatic heterocycles. The fraction of sp³-hybridized carbons (Fsp3) is 1.00. The van der Waals surface area contributed by atoms with Gasteiger partial charge in [-0.1, -0.05) is 46.5 Å². The van der Waals surface area contributed by atoms with Crippen molar-refractivity contribution in [2.24, 2.45) is 5.92 Å². The predicted molar refractivity (Wildman–Crippen MR) is 90.1 cm³/mol. The van der Waals surface area contributed by atoms with Crippen LogP contribution in [-0.2, 0) is 0 Å². The molecule has 2 heteroatoms. The first-order valence-corrected chi connectivity index (χ1v) is 9.71. The number of rotatable bonds is 10. The number of thioether (sulfide) groups is 1. The Morgan fingerprint density at radius 1 is 1.00 bits per heavy atom. The van der Waals surface area contributed by atoms with Gasteiger partial charge in [-0.2, -0.15) is 11.8 Å². The topological polar surface area (TPSA) is 12.0 Å². The van der Waals surface area contributed by atoms with Crippen LogP contribution in [0.15, 0.2) is 0 Å². The van der Waals surface area contributed by atoms with E-state index in [2.05, 4.69) is 37.8 Å². The monoisotopic (exact) mass is 285 g/mol. The summed E-state index contributed by atoms with van der Waals surface area (Å²) in [5, 5.41) is 4.69. The van der Waals surface area contributed by atoms with Crippen molar-refractivity contribution in [1.29, 1.82) is 0 Å². The summed E-state index contributed by atoms with van der Waals surface area (Å²) < 4.78 is 0. The molecule has 0 aromatic heterocycles. The van der Waals surface area contributed by atoms with Crippen molar-refractivity contribution in [3.05, 3.63) is 0 Å². The molecule has 0 spiro atoms. The van der Waals surface area contributed by atoms with Crippen LogP contribution in [0, 0.1) is 5.92 Å². The average molecular weight is 286 g/mol. The van der Waals surface area contributed by atoms with E-state index in [0.717, 1.165) is 17.2 Å². The fourth-order valence-electron chi connectivity index (χ4n) is 3.22. The van der Waals surface area contributed by atoms with Gasteiger partial charge in [-0.3, -0.25) is 0 Å². The van der Waals surface area contributed by atoms with Gasteiger partial charge in [-0.25, -0.2) is 0 Å². The van der Waals surface area contributed by atoms with Gasteiger partial charge in [0.1, 0.15) is 0 Å². The lowest BCUT2D eigenvalue weighted by Gasteiger charge is -2.36. The Morgan fingerprint density at radius 3 is 2.53 bits per heavy atom. The summed E-state index contributed by atoms with van der Waals surface area (Å²) in [6, 6.07) is 0.791. The van der Waals surface area contributed by atoms with E-state index in [4.69, 9.17) is 0 Å². The molecule has 1 fully saturated rings. The first-order chi connectivity index (χ1) is 9.31. The third-order valence-electron chi connectivity index (χ3n) is 4.33. The molecule has 19 heavy (non-hydrogen) atoms. The second kappa shape index (κ2) is 11.0. The summed E-state index contributed by atoms with van der Waals surface area (Å²) in [5.41, 5.74) is 0. The average Bonchev–Trinajstić information content (AvgIpc) is 2.43. The lowest BCUT2D eigenvalue weighted by molar-refractivity contribution is 0.287. The molecule has 1 nitrogen and oxygen atoms in total. The van der Waals surface area contributed by atoms with E-state index < -0.39 is 0 Å². The van der Waals surface area contributed by atoms with Crippen molar-refractivity contribution in [3.8, 4) is 0 Å². The number of hydrogen-bond acceptors (Lipinski definition) is 2. The Labute approximate surface area is 125 Å². The summed E-state index contributed by atoms with van der Waals surface area (Å²) in [6.45, 7) is 8.12. The molecule has 0 aromatic rings. The molecule has 1 aliphatic carbocycles. The Morgan fingerprint density at radius 2 is 1.84 bits per heavy atom. The lowest BCUT2D eigenvalue weighted by Crippen LogP contribution is -2.43. The molecule has 0 saturated heterocycles. The van der Waals surface area contributed by atoms with E-state index in [9.17, 15) is 0 Å². The fourth-order valence-corrected chi connectivity index (χ4v) is 4.76. The highest BCUT2D eigenvalue weighted by atomic mass is 32.2. The van der Waals surface area contributed by atoms with Gasteiger partial charge < -0.3 is 5.32 Å². The minimum atomic E-state index is 0.791. The number of hydrogen-bond donors (Lipinski definition) is 1. The third-order valence-corrected chi connectivity index (χ3v) is 5.81. The maximum absolute atomic E-state index is 3.80. The number of nitrogens with one attached hydrogen (secondary N) is 1. The zero-order valence-electron chi connectivity index (χ0n) is 13.4. The van der Waals surface area contributed by atoms with E-state index in [1.54, 1.807) is 0 Å². The highest BCUT2D eigenvalue weighted by Crippen LogP contribution is 2.35. The minimum absolute atomic E-state index is 0.791. The Balaban J connectivity index is 2.35. The van der Waals surface area contributed by atoms with Crippen LogP contribution in [0.4, 0.5) is 0 Å². The molecular formula is C17H35NS. The van der Waals surface area contributed by atoms with Crippen LogP contribution in [0.3, 0.4) is 0 Å². The summed E-state index contributed by atoms with van der Waals surface area (Å²) in [6.07, 6.45) is 12.6. The van der Waals surface area contributed by atoms with Crippen LogP contribution in [0.5, 0.6) is 0 Å². The Hall–Kier alpha value is 0.310. The second-order valence-electron chi connectivity index (χ2n) is 6.14. The first-order valence-electron chi connectivity index (χ1n) is 8.66. The van der Waals surface area contributed by atoms with Crippen molar-refractivity contribution < 1.29 is 0 Å². The molecule has 0 radical (unpaired) electrons. The quantitative estimate of drug-likeness (QED) is 0.550. The van der Waals surface area contributed by atoms with Crippen LogP contribution in [-0.4, -0.2) is 23.6 Å². The lowest BCUT2D eigenvalue weighted by atomic mass is 9.83. The van der Waals surface area contributed by atoms with E-state index in [1.807, 2.05) is 0 Å². The van der Waals surface area contributed by atoms with Gasteiger partial charge in [0.25, 0.3) is 0 Å². The standard InChI is InChI=1S/C17H35NS/c1-4-7-8-13-19-17-14-15(9-5-2)10-11-16(17)18-12-6-3/h15-18H,4-14H2,1-3H3. The van der Waals surface area contributed by atoms with Gasteiger partial charge in [-0.05, 0) is 50.3 Å². The summed E-state index contributed by atoms with van der Waals surface area (Å²) in [5.74, 6) is 2.38. The molecular weight excluding hydrogens is 250 g/mol. The minimum Gasteiger partial charge on any atom is -0.313 e. The molecule has 0 amide bonds. The van der Waals surface area contributed by atoms with Crippen molar-refractivity contribution >= 4 is 11.8 Å². The van der Waals surface area contributed by atoms with Crippen molar-refractivity contribution in [3.63, 3.8) is 0 Å². The molecule has 1 saturated carbocycles. The van der Waals surface area contributed by atoms with Gasteiger partial charge >= 0.3 is 0 Å². The molecule has 0 heterocycles. The Kier molecular flexibility index (Phi) is 10.1.